The Labute approximate surface area is 173 Å². The Hall–Kier alpha value is -2.37. The van der Waals surface area contributed by atoms with E-state index in [1.165, 1.54) is 5.56 Å². The predicted molar refractivity (Wildman–Crippen MR) is 114 cm³/mol. The van der Waals surface area contributed by atoms with E-state index in [1.54, 1.807) is 13.3 Å². The Morgan fingerprint density at radius 1 is 1.14 bits per heavy atom. The summed E-state index contributed by atoms with van der Waals surface area (Å²) in [6.45, 7) is 1.97. The van der Waals surface area contributed by atoms with Crippen molar-refractivity contribution in [2.45, 2.75) is 43.4 Å². The summed E-state index contributed by atoms with van der Waals surface area (Å²) in [5.74, 6) is 1.60. The van der Waals surface area contributed by atoms with E-state index in [9.17, 15) is 0 Å². The monoisotopic (exact) mass is 394 g/mol. The molecule has 29 heavy (non-hydrogen) atoms. The first-order valence-corrected chi connectivity index (χ1v) is 10.4. The molecule has 2 fully saturated rings. The largest absolute Gasteiger partial charge is 0.497 e. The maximum absolute atomic E-state index is 6.17. The third kappa shape index (κ3) is 4.46. The van der Waals surface area contributed by atoms with Crippen LogP contribution in [-0.2, 0) is 4.74 Å². The van der Waals surface area contributed by atoms with E-state index in [-0.39, 0.29) is 11.7 Å². The molecule has 3 atom stereocenters. The van der Waals surface area contributed by atoms with Gasteiger partial charge in [-0.05, 0) is 43.0 Å². The second-order valence-corrected chi connectivity index (χ2v) is 7.89. The minimum Gasteiger partial charge on any atom is -0.497 e. The van der Waals surface area contributed by atoms with E-state index >= 15 is 0 Å². The summed E-state index contributed by atoms with van der Waals surface area (Å²) in [6, 6.07) is 14.3. The van der Waals surface area contributed by atoms with Gasteiger partial charge >= 0.3 is 0 Å². The molecule has 1 aliphatic carbocycles. The van der Waals surface area contributed by atoms with Crippen LogP contribution in [0, 0.1) is 0 Å². The van der Waals surface area contributed by atoms with E-state index in [4.69, 9.17) is 14.2 Å². The summed E-state index contributed by atoms with van der Waals surface area (Å²) in [5.41, 5.74) is 1.14. The van der Waals surface area contributed by atoms with Gasteiger partial charge in [-0.25, -0.2) is 4.98 Å². The van der Waals surface area contributed by atoms with Gasteiger partial charge in [-0.3, -0.25) is 4.90 Å². The van der Waals surface area contributed by atoms with E-state index in [0.717, 1.165) is 44.5 Å². The highest BCUT2D eigenvalue weighted by Crippen LogP contribution is 2.43. The summed E-state index contributed by atoms with van der Waals surface area (Å²) in [6.07, 6.45) is 10.5. The second-order valence-electron chi connectivity index (χ2n) is 7.89. The molecule has 154 valence electrons. The second kappa shape index (κ2) is 8.97. The summed E-state index contributed by atoms with van der Waals surface area (Å²) < 4.78 is 17.5. The molecule has 5 heteroatoms. The standard InChI is InChI=1S/C24H30N2O3/c1-27-20-10-8-19(9-11-20)6-5-16-26-17-14-24(28-2)13-12-21(18-22(24)26)29-23-7-3-4-15-25-23/h3-11,15,21-22H,12-14,16-18H2,1-2H3/t21-,22-,24+/m0/s1. The van der Waals surface area contributed by atoms with Gasteiger partial charge in [0.15, 0.2) is 0 Å². The molecule has 1 saturated heterocycles. The number of hydrogen-bond acceptors (Lipinski definition) is 5. The topological polar surface area (TPSA) is 43.8 Å². The lowest BCUT2D eigenvalue weighted by atomic mass is 9.79. The van der Waals surface area contributed by atoms with Crippen molar-refractivity contribution in [1.29, 1.82) is 0 Å². The van der Waals surface area contributed by atoms with Crippen molar-refractivity contribution >= 4 is 6.08 Å². The first-order chi connectivity index (χ1) is 14.2. The lowest BCUT2D eigenvalue weighted by molar-refractivity contribution is -0.0818. The Morgan fingerprint density at radius 2 is 2.00 bits per heavy atom. The third-order valence-corrected chi connectivity index (χ3v) is 6.34. The number of fused-ring (bicyclic) bond motifs is 1. The Balaban J connectivity index is 1.40. The first kappa shape index (κ1) is 19.9. The fourth-order valence-electron chi connectivity index (χ4n) is 4.71. The minimum absolute atomic E-state index is 0.0437. The van der Waals surface area contributed by atoms with Gasteiger partial charge in [-0.2, -0.15) is 0 Å². The van der Waals surface area contributed by atoms with E-state index in [2.05, 4.69) is 34.2 Å². The fraction of sp³-hybridized carbons (Fsp3) is 0.458. The van der Waals surface area contributed by atoms with Crippen molar-refractivity contribution in [3.63, 3.8) is 0 Å². The van der Waals surface area contributed by atoms with Crippen LogP contribution < -0.4 is 9.47 Å². The summed E-state index contributed by atoms with van der Waals surface area (Å²) in [5, 5.41) is 0. The van der Waals surface area contributed by atoms with Crippen LogP contribution in [0.5, 0.6) is 11.6 Å². The lowest BCUT2D eigenvalue weighted by Crippen LogP contribution is -2.52. The molecule has 1 aromatic carbocycles. The molecule has 4 rings (SSSR count). The number of hydrogen-bond donors (Lipinski definition) is 0. The van der Waals surface area contributed by atoms with Gasteiger partial charge < -0.3 is 14.2 Å². The van der Waals surface area contributed by atoms with Crippen LogP contribution in [-0.4, -0.2) is 54.9 Å². The van der Waals surface area contributed by atoms with E-state index in [0.29, 0.717) is 11.9 Å². The minimum atomic E-state index is -0.0437. The SMILES string of the molecule is COc1ccc(C=CCN2CC[C@]3(OC)CC[C@H](Oc4ccccn4)C[C@H]23)cc1. The average molecular weight is 395 g/mol. The van der Waals surface area contributed by atoms with Crippen molar-refractivity contribution in [2.75, 3.05) is 27.3 Å². The maximum Gasteiger partial charge on any atom is 0.213 e. The number of nitrogens with zero attached hydrogens (tertiary/aromatic N) is 2. The molecule has 0 amide bonds. The lowest BCUT2D eigenvalue weighted by Gasteiger charge is -2.43. The molecule has 0 radical (unpaired) electrons. The van der Waals surface area contributed by atoms with E-state index in [1.807, 2.05) is 37.4 Å². The molecule has 5 nitrogen and oxygen atoms in total. The van der Waals surface area contributed by atoms with Crippen LogP contribution >= 0.6 is 0 Å². The van der Waals surface area contributed by atoms with Gasteiger partial charge in [0.2, 0.25) is 5.88 Å². The fourth-order valence-corrected chi connectivity index (χ4v) is 4.71. The van der Waals surface area contributed by atoms with Gasteiger partial charge in [-0.1, -0.05) is 30.4 Å². The summed E-state index contributed by atoms with van der Waals surface area (Å²) in [7, 11) is 3.55. The van der Waals surface area contributed by atoms with Gasteiger partial charge in [0.05, 0.1) is 12.7 Å². The average Bonchev–Trinajstić information content (AvgIpc) is 3.13. The molecule has 1 saturated carbocycles. The van der Waals surface area contributed by atoms with Crippen molar-refractivity contribution < 1.29 is 14.2 Å². The number of methoxy groups -OCH3 is 2. The Bertz CT molecular complexity index is 809. The molecule has 2 aliphatic rings. The molecule has 2 aromatic rings. The molecule has 0 spiro atoms. The molecule has 1 aliphatic heterocycles. The number of benzene rings is 1. The number of likely N-dealkylation sites (tertiary alicyclic amines) is 1. The van der Waals surface area contributed by atoms with Crippen LogP contribution in [0.3, 0.4) is 0 Å². The summed E-state index contributed by atoms with van der Waals surface area (Å²) >= 11 is 0. The van der Waals surface area contributed by atoms with Crippen LogP contribution in [0.2, 0.25) is 0 Å². The predicted octanol–water partition coefficient (Wildman–Crippen LogP) is 4.19. The number of rotatable bonds is 7. The number of pyridine rings is 1. The molecule has 0 N–H and O–H groups in total. The zero-order valence-corrected chi connectivity index (χ0v) is 17.3. The Kier molecular flexibility index (Phi) is 6.16. The van der Waals surface area contributed by atoms with Crippen molar-refractivity contribution in [3.05, 3.63) is 60.3 Å². The van der Waals surface area contributed by atoms with Crippen molar-refractivity contribution in [2.24, 2.45) is 0 Å². The van der Waals surface area contributed by atoms with Gasteiger partial charge in [-0.15, -0.1) is 0 Å². The molecule has 1 aromatic heterocycles. The van der Waals surface area contributed by atoms with Crippen LogP contribution in [0.25, 0.3) is 6.08 Å². The quantitative estimate of drug-likeness (QED) is 0.704. The van der Waals surface area contributed by atoms with Gasteiger partial charge in [0.1, 0.15) is 11.9 Å². The highest BCUT2D eigenvalue weighted by molar-refractivity contribution is 5.50. The number of aromatic nitrogens is 1. The molecule has 2 heterocycles. The van der Waals surface area contributed by atoms with Gasteiger partial charge in [0.25, 0.3) is 0 Å². The van der Waals surface area contributed by atoms with Crippen molar-refractivity contribution in [3.8, 4) is 11.6 Å². The third-order valence-electron chi connectivity index (χ3n) is 6.34. The molecular formula is C24H30N2O3. The van der Waals surface area contributed by atoms with Gasteiger partial charge in [0, 0.05) is 44.9 Å². The van der Waals surface area contributed by atoms with Crippen LogP contribution in [0.4, 0.5) is 0 Å². The highest BCUT2D eigenvalue weighted by atomic mass is 16.5. The highest BCUT2D eigenvalue weighted by Gasteiger charge is 2.51. The molecule has 0 unspecified atom stereocenters. The molecular weight excluding hydrogens is 364 g/mol. The first-order valence-electron chi connectivity index (χ1n) is 10.4. The van der Waals surface area contributed by atoms with Crippen molar-refractivity contribution in [1.82, 2.24) is 9.88 Å². The van der Waals surface area contributed by atoms with Crippen LogP contribution in [0.15, 0.2) is 54.7 Å². The summed E-state index contributed by atoms with van der Waals surface area (Å²) in [4.78, 5) is 6.86. The van der Waals surface area contributed by atoms with Crippen LogP contribution in [0.1, 0.15) is 31.2 Å². The smallest absolute Gasteiger partial charge is 0.213 e. The maximum atomic E-state index is 6.17. The zero-order valence-electron chi connectivity index (χ0n) is 17.3. The van der Waals surface area contributed by atoms with E-state index < -0.39 is 0 Å². The normalized spacial score (nSPS) is 27.1. The zero-order chi connectivity index (χ0) is 20.1. The number of ether oxygens (including phenoxy) is 3. The molecule has 0 bridgehead atoms. The Morgan fingerprint density at radius 3 is 2.72 bits per heavy atom.